The summed E-state index contributed by atoms with van der Waals surface area (Å²) in [5, 5.41) is 2.54. The summed E-state index contributed by atoms with van der Waals surface area (Å²) in [6.07, 6.45) is 3.68. The first-order valence-corrected chi connectivity index (χ1v) is 13.4. The summed E-state index contributed by atoms with van der Waals surface area (Å²) in [6, 6.07) is 38.1. The van der Waals surface area contributed by atoms with Gasteiger partial charge in [-0.1, -0.05) is 78.9 Å². The second-order valence-electron chi connectivity index (χ2n) is 9.37. The summed E-state index contributed by atoms with van der Waals surface area (Å²) in [5.41, 5.74) is 8.29. The number of thiophene rings is 1. The lowest BCUT2D eigenvalue weighted by molar-refractivity contribution is 1.18. The van der Waals surface area contributed by atoms with Gasteiger partial charge < -0.3 is 0 Å². The minimum Gasteiger partial charge on any atom is -0.264 e. The van der Waals surface area contributed by atoms with Gasteiger partial charge in [0.1, 0.15) is 0 Å². The highest BCUT2D eigenvalue weighted by Crippen LogP contribution is 2.38. The maximum absolute atomic E-state index is 5.16. The van der Waals surface area contributed by atoms with E-state index < -0.39 is 0 Å². The zero-order valence-electron chi connectivity index (χ0n) is 20.8. The molecule has 0 aliphatic heterocycles. The molecule has 4 aromatic carbocycles. The van der Waals surface area contributed by atoms with Crippen LogP contribution in [0.25, 0.3) is 65.2 Å². The second-order valence-corrected chi connectivity index (χ2v) is 10.5. The van der Waals surface area contributed by atoms with Crippen LogP contribution < -0.4 is 0 Å². The Bertz CT molecular complexity index is 1940. The standard InChI is InChI=1S/C34H23N3S/c1-22-9-2-3-11-25(22)31-20-30(23-16-17-33-29(19-23)27-13-6-7-15-32(27)38-33)36-34(37-31)28-14-5-4-12-26(28)24-10-8-18-35-21-24/h2-21H,1H3. The highest BCUT2D eigenvalue weighted by atomic mass is 32.1. The van der Waals surface area contributed by atoms with Gasteiger partial charge in [-0.25, -0.2) is 9.97 Å². The Labute approximate surface area is 225 Å². The molecule has 4 heteroatoms. The average Bonchev–Trinajstić information content (AvgIpc) is 3.36. The molecule has 0 aliphatic rings. The Balaban J connectivity index is 1.47. The molecule has 180 valence electrons. The van der Waals surface area contributed by atoms with Crippen molar-refractivity contribution in [1.82, 2.24) is 15.0 Å². The number of hydrogen-bond donors (Lipinski definition) is 0. The van der Waals surface area contributed by atoms with Gasteiger partial charge in [0.25, 0.3) is 0 Å². The van der Waals surface area contributed by atoms with E-state index in [0.717, 1.165) is 39.2 Å². The molecule has 3 aromatic heterocycles. The number of nitrogens with zero attached hydrogens (tertiary/aromatic N) is 3. The predicted octanol–water partition coefficient (Wildman–Crippen LogP) is 9.22. The molecular weight excluding hydrogens is 482 g/mol. The highest BCUT2D eigenvalue weighted by molar-refractivity contribution is 7.25. The third-order valence-electron chi connectivity index (χ3n) is 6.96. The van der Waals surface area contributed by atoms with Crippen LogP contribution in [0.2, 0.25) is 0 Å². The lowest BCUT2D eigenvalue weighted by Crippen LogP contribution is -1.98. The van der Waals surface area contributed by atoms with E-state index in [-0.39, 0.29) is 0 Å². The van der Waals surface area contributed by atoms with Crippen molar-refractivity contribution in [1.29, 1.82) is 0 Å². The van der Waals surface area contributed by atoms with Gasteiger partial charge >= 0.3 is 0 Å². The van der Waals surface area contributed by atoms with Crippen molar-refractivity contribution < 1.29 is 0 Å². The molecule has 0 atom stereocenters. The number of hydrogen-bond acceptors (Lipinski definition) is 4. The Hall–Kier alpha value is -4.67. The van der Waals surface area contributed by atoms with Crippen LogP contribution in [0.3, 0.4) is 0 Å². The summed E-state index contributed by atoms with van der Waals surface area (Å²) in [6.45, 7) is 2.13. The molecular formula is C34H23N3S. The van der Waals surface area contributed by atoms with Crippen molar-refractivity contribution in [3.05, 3.63) is 127 Å². The number of benzene rings is 4. The van der Waals surface area contributed by atoms with E-state index in [2.05, 4.69) is 103 Å². The Morgan fingerprint density at radius 1 is 0.553 bits per heavy atom. The van der Waals surface area contributed by atoms with Gasteiger partial charge in [0.05, 0.1) is 11.4 Å². The van der Waals surface area contributed by atoms with Gasteiger partial charge in [-0.3, -0.25) is 4.98 Å². The van der Waals surface area contributed by atoms with E-state index in [9.17, 15) is 0 Å². The molecule has 0 radical (unpaired) electrons. The van der Waals surface area contributed by atoms with Crippen molar-refractivity contribution >= 4 is 31.5 Å². The molecule has 3 nitrogen and oxygen atoms in total. The van der Waals surface area contributed by atoms with Gasteiger partial charge in [-0.05, 0) is 48.4 Å². The van der Waals surface area contributed by atoms with E-state index in [1.807, 2.05) is 35.7 Å². The molecule has 0 aliphatic carbocycles. The number of aromatic nitrogens is 3. The van der Waals surface area contributed by atoms with Gasteiger partial charge in [0.2, 0.25) is 0 Å². The molecule has 0 N–H and O–H groups in total. The molecule has 38 heavy (non-hydrogen) atoms. The minimum absolute atomic E-state index is 0.704. The molecule has 0 saturated heterocycles. The molecule has 0 saturated carbocycles. The van der Waals surface area contributed by atoms with Crippen molar-refractivity contribution in [2.24, 2.45) is 0 Å². The van der Waals surface area contributed by atoms with Crippen molar-refractivity contribution in [2.75, 3.05) is 0 Å². The van der Waals surface area contributed by atoms with E-state index in [1.54, 1.807) is 6.20 Å². The summed E-state index contributed by atoms with van der Waals surface area (Å²) < 4.78 is 2.58. The molecule has 7 aromatic rings. The van der Waals surface area contributed by atoms with Crippen LogP contribution in [0.4, 0.5) is 0 Å². The summed E-state index contributed by atoms with van der Waals surface area (Å²) in [7, 11) is 0. The van der Waals surface area contributed by atoms with Gasteiger partial charge in [0, 0.05) is 54.8 Å². The minimum atomic E-state index is 0.704. The SMILES string of the molecule is Cc1ccccc1-c1cc(-c2ccc3sc4ccccc4c3c2)nc(-c2ccccc2-c2cccnc2)n1. The highest BCUT2D eigenvalue weighted by Gasteiger charge is 2.16. The molecule has 0 fully saturated rings. The first kappa shape index (κ1) is 22.5. The Kier molecular flexibility index (Phi) is 5.53. The topological polar surface area (TPSA) is 38.7 Å². The second kappa shape index (κ2) is 9.33. The summed E-state index contributed by atoms with van der Waals surface area (Å²) in [5.74, 6) is 0.704. The molecule has 3 heterocycles. The summed E-state index contributed by atoms with van der Waals surface area (Å²) in [4.78, 5) is 14.6. The van der Waals surface area contributed by atoms with Crippen LogP contribution in [0.1, 0.15) is 5.56 Å². The molecule has 0 amide bonds. The molecule has 0 spiro atoms. The third kappa shape index (κ3) is 3.96. The smallest absolute Gasteiger partial charge is 0.161 e. The maximum atomic E-state index is 5.16. The van der Waals surface area contributed by atoms with E-state index in [4.69, 9.17) is 9.97 Å². The van der Waals surface area contributed by atoms with Crippen molar-refractivity contribution in [2.45, 2.75) is 6.92 Å². The van der Waals surface area contributed by atoms with Crippen molar-refractivity contribution in [3.8, 4) is 45.0 Å². The fraction of sp³-hybridized carbons (Fsp3) is 0.0294. The normalized spacial score (nSPS) is 11.3. The lowest BCUT2D eigenvalue weighted by atomic mass is 9.99. The third-order valence-corrected chi connectivity index (χ3v) is 8.11. The quantitative estimate of drug-likeness (QED) is 0.239. The largest absolute Gasteiger partial charge is 0.264 e. The van der Waals surface area contributed by atoms with Crippen LogP contribution in [-0.2, 0) is 0 Å². The number of aryl methyl sites for hydroxylation is 1. The van der Waals surface area contributed by atoms with Gasteiger partial charge in [0.15, 0.2) is 5.82 Å². The molecule has 0 unspecified atom stereocenters. The van der Waals surface area contributed by atoms with Crippen LogP contribution >= 0.6 is 11.3 Å². The van der Waals surface area contributed by atoms with E-state index in [1.165, 1.54) is 25.7 Å². The molecule has 7 rings (SSSR count). The average molecular weight is 506 g/mol. The van der Waals surface area contributed by atoms with Crippen LogP contribution in [0, 0.1) is 6.92 Å². The van der Waals surface area contributed by atoms with Crippen LogP contribution in [-0.4, -0.2) is 15.0 Å². The predicted molar refractivity (Wildman–Crippen MR) is 159 cm³/mol. The summed E-state index contributed by atoms with van der Waals surface area (Å²) >= 11 is 1.83. The number of fused-ring (bicyclic) bond motifs is 3. The van der Waals surface area contributed by atoms with E-state index in [0.29, 0.717) is 5.82 Å². The Morgan fingerprint density at radius 3 is 2.13 bits per heavy atom. The number of pyridine rings is 1. The van der Waals surface area contributed by atoms with Gasteiger partial charge in [-0.2, -0.15) is 0 Å². The van der Waals surface area contributed by atoms with Crippen LogP contribution in [0.15, 0.2) is 122 Å². The first-order valence-electron chi connectivity index (χ1n) is 12.6. The fourth-order valence-electron chi connectivity index (χ4n) is 5.05. The van der Waals surface area contributed by atoms with Crippen molar-refractivity contribution in [3.63, 3.8) is 0 Å². The fourth-order valence-corrected chi connectivity index (χ4v) is 6.14. The van der Waals surface area contributed by atoms with E-state index >= 15 is 0 Å². The Morgan fingerprint density at radius 2 is 1.29 bits per heavy atom. The zero-order chi connectivity index (χ0) is 25.5. The first-order chi connectivity index (χ1) is 18.7. The van der Waals surface area contributed by atoms with Crippen LogP contribution in [0.5, 0.6) is 0 Å². The van der Waals surface area contributed by atoms with Gasteiger partial charge in [-0.15, -0.1) is 11.3 Å². The molecule has 0 bridgehead atoms. The lowest BCUT2D eigenvalue weighted by Gasteiger charge is -2.13. The zero-order valence-corrected chi connectivity index (χ0v) is 21.6. The monoisotopic (exact) mass is 505 g/mol. The number of rotatable bonds is 4. The maximum Gasteiger partial charge on any atom is 0.161 e.